The van der Waals surface area contributed by atoms with Gasteiger partial charge in [0.2, 0.25) is 0 Å². The molecule has 0 bridgehead atoms. The van der Waals surface area contributed by atoms with Gasteiger partial charge in [0, 0.05) is 36.0 Å². The Morgan fingerprint density at radius 1 is 1.36 bits per heavy atom. The molecule has 4 nitrogen and oxygen atoms in total. The molecule has 77 valence electrons. The third-order valence-electron chi connectivity index (χ3n) is 1.54. The summed E-state index contributed by atoms with van der Waals surface area (Å²) in [5.41, 5.74) is 0. The van der Waals surface area contributed by atoms with Gasteiger partial charge in [0.05, 0.1) is 0 Å². The first kappa shape index (κ1) is 16.5. The zero-order valence-electron chi connectivity index (χ0n) is 9.08. The van der Waals surface area contributed by atoms with E-state index in [0.29, 0.717) is 0 Å². The van der Waals surface area contributed by atoms with Crippen molar-refractivity contribution in [1.82, 2.24) is 0 Å². The van der Waals surface area contributed by atoms with Gasteiger partial charge in [-0.2, -0.15) is 0 Å². The fourth-order valence-electron chi connectivity index (χ4n) is 0.768. The van der Waals surface area contributed by atoms with Gasteiger partial charge in [-0.05, 0) is 13.3 Å². The largest absolute Gasteiger partial charge is 0.391 e. The van der Waals surface area contributed by atoms with Crippen molar-refractivity contribution in [3.8, 4) is 0 Å². The van der Waals surface area contributed by atoms with Gasteiger partial charge in [0.1, 0.15) is 6.10 Å². The van der Waals surface area contributed by atoms with Crippen molar-refractivity contribution < 1.29 is 19.4 Å². The van der Waals surface area contributed by atoms with Gasteiger partial charge in [-0.25, -0.2) is 4.79 Å². The molecule has 0 aliphatic rings. The molecule has 1 radical (unpaired) electrons. The molecule has 0 aliphatic heterocycles. The summed E-state index contributed by atoms with van der Waals surface area (Å²) in [5, 5.41) is 8.71. The first-order valence-corrected chi connectivity index (χ1v) is 4.50. The van der Waals surface area contributed by atoms with E-state index < -0.39 is 18.0 Å². The minimum atomic E-state index is -1.23. The van der Waals surface area contributed by atoms with E-state index in [1.165, 1.54) is 6.92 Å². The molecule has 0 rings (SSSR count). The fraction of sp³-hybridized carbons (Fsp3) is 0.778. The second-order valence-corrected chi connectivity index (χ2v) is 2.93. The number of ether oxygens (including phenoxy) is 1. The summed E-state index contributed by atoms with van der Waals surface area (Å²) in [6, 6.07) is 0. The number of carbonyl (C=O) groups excluding carboxylic acids is 2. The van der Waals surface area contributed by atoms with Crippen LogP contribution in [0, 0.1) is 0 Å². The SMILES string of the molecule is CCCCCC(=O)OC(=O)C(C)O.[Na]. The fourth-order valence-corrected chi connectivity index (χ4v) is 0.768. The van der Waals surface area contributed by atoms with Crippen LogP contribution in [0.25, 0.3) is 0 Å². The van der Waals surface area contributed by atoms with Crippen LogP contribution in [0.4, 0.5) is 0 Å². The average Bonchev–Trinajstić information content (AvgIpc) is 2.04. The van der Waals surface area contributed by atoms with E-state index in [9.17, 15) is 9.59 Å². The molecule has 0 fully saturated rings. The average molecular weight is 211 g/mol. The van der Waals surface area contributed by atoms with Gasteiger partial charge < -0.3 is 9.84 Å². The third kappa shape index (κ3) is 8.69. The zero-order chi connectivity index (χ0) is 10.3. The Morgan fingerprint density at radius 2 is 1.93 bits per heavy atom. The van der Waals surface area contributed by atoms with E-state index >= 15 is 0 Å². The number of aliphatic hydroxyl groups excluding tert-OH is 1. The Kier molecular flexibility index (Phi) is 11.4. The molecule has 0 aliphatic carbocycles. The maximum Gasteiger partial charge on any atom is 0.342 e. The van der Waals surface area contributed by atoms with Crippen molar-refractivity contribution >= 4 is 41.5 Å². The number of esters is 2. The van der Waals surface area contributed by atoms with E-state index in [1.54, 1.807) is 0 Å². The number of aliphatic hydroxyl groups is 1. The van der Waals surface area contributed by atoms with Crippen LogP contribution in [-0.4, -0.2) is 52.7 Å². The molecule has 1 unspecified atom stereocenters. The summed E-state index contributed by atoms with van der Waals surface area (Å²) in [6.07, 6.45) is 1.69. The summed E-state index contributed by atoms with van der Waals surface area (Å²) in [4.78, 5) is 21.6. The van der Waals surface area contributed by atoms with Crippen LogP contribution in [0.3, 0.4) is 0 Å². The minimum Gasteiger partial charge on any atom is -0.391 e. The number of unbranched alkanes of at least 4 members (excludes halogenated alkanes) is 2. The molecule has 0 heterocycles. The summed E-state index contributed by atoms with van der Waals surface area (Å²) in [7, 11) is 0. The molecule has 0 aromatic heterocycles. The van der Waals surface area contributed by atoms with Gasteiger partial charge in [-0.3, -0.25) is 4.79 Å². The molecule has 14 heavy (non-hydrogen) atoms. The maximum absolute atomic E-state index is 10.9. The molecule has 1 atom stereocenters. The molecule has 5 heteroatoms. The van der Waals surface area contributed by atoms with Gasteiger partial charge >= 0.3 is 11.9 Å². The van der Waals surface area contributed by atoms with Gasteiger partial charge in [-0.1, -0.05) is 19.8 Å². The van der Waals surface area contributed by atoms with Gasteiger partial charge in [0.25, 0.3) is 0 Å². The Bertz CT molecular complexity index is 180. The van der Waals surface area contributed by atoms with E-state index in [1.807, 2.05) is 6.92 Å². The van der Waals surface area contributed by atoms with E-state index in [0.717, 1.165) is 19.3 Å². The normalized spacial score (nSPS) is 11.4. The first-order chi connectivity index (χ1) is 6.07. The Balaban J connectivity index is 0. The number of hydrogen-bond donors (Lipinski definition) is 1. The Morgan fingerprint density at radius 3 is 2.36 bits per heavy atom. The number of carbonyl (C=O) groups is 2. The molecule has 0 aromatic rings. The van der Waals surface area contributed by atoms with Crippen LogP contribution in [0.5, 0.6) is 0 Å². The molecule has 0 amide bonds. The summed E-state index contributed by atoms with van der Waals surface area (Å²) in [6.45, 7) is 3.29. The van der Waals surface area contributed by atoms with Crippen molar-refractivity contribution in [1.29, 1.82) is 0 Å². The van der Waals surface area contributed by atoms with Crippen LogP contribution in [0.15, 0.2) is 0 Å². The van der Waals surface area contributed by atoms with Gasteiger partial charge in [-0.15, -0.1) is 0 Å². The summed E-state index contributed by atoms with van der Waals surface area (Å²) >= 11 is 0. The van der Waals surface area contributed by atoms with Crippen LogP contribution in [0.2, 0.25) is 0 Å². The summed E-state index contributed by atoms with van der Waals surface area (Å²) < 4.78 is 4.33. The number of hydrogen-bond acceptors (Lipinski definition) is 4. The molecular weight excluding hydrogens is 195 g/mol. The molecule has 0 spiro atoms. The van der Waals surface area contributed by atoms with Crippen LogP contribution in [-0.2, 0) is 14.3 Å². The molecular formula is C9H16NaO4. The molecule has 0 aromatic carbocycles. The monoisotopic (exact) mass is 211 g/mol. The zero-order valence-corrected chi connectivity index (χ0v) is 11.1. The Labute approximate surface area is 106 Å². The molecule has 0 saturated heterocycles. The standard InChI is InChI=1S/C9H16O4.Na/c1-3-4-5-6-8(11)13-9(12)7(2)10;/h7,10H,3-6H2,1-2H3;. The van der Waals surface area contributed by atoms with Crippen molar-refractivity contribution in [3.05, 3.63) is 0 Å². The van der Waals surface area contributed by atoms with Crippen LogP contribution >= 0.6 is 0 Å². The van der Waals surface area contributed by atoms with Gasteiger partial charge in [0.15, 0.2) is 0 Å². The van der Waals surface area contributed by atoms with Crippen molar-refractivity contribution in [2.24, 2.45) is 0 Å². The number of rotatable bonds is 5. The smallest absolute Gasteiger partial charge is 0.342 e. The van der Waals surface area contributed by atoms with E-state index in [2.05, 4.69) is 4.74 Å². The van der Waals surface area contributed by atoms with Crippen LogP contribution in [0.1, 0.15) is 39.5 Å². The molecule has 1 N–H and O–H groups in total. The predicted molar refractivity (Wildman–Crippen MR) is 52.7 cm³/mol. The predicted octanol–water partition coefficient (Wildman–Crippen LogP) is 0.636. The van der Waals surface area contributed by atoms with Crippen LogP contribution < -0.4 is 0 Å². The first-order valence-electron chi connectivity index (χ1n) is 4.50. The second-order valence-electron chi connectivity index (χ2n) is 2.93. The third-order valence-corrected chi connectivity index (χ3v) is 1.54. The van der Waals surface area contributed by atoms with E-state index in [4.69, 9.17) is 5.11 Å². The quantitative estimate of drug-likeness (QED) is 0.313. The second kappa shape index (κ2) is 9.65. The topological polar surface area (TPSA) is 63.6 Å². The summed E-state index contributed by atoms with van der Waals surface area (Å²) in [5.74, 6) is -1.43. The van der Waals surface area contributed by atoms with Crippen molar-refractivity contribution in [2.75, 3.05) is 0 Å². The maximum atomic E-state index is 10.9. The van der Waals surface area contributed by atoms with Crippen molar-refractivity contribution in [2.45, 2.75) is 45.6 Å². The minimum absolute atomic E-state index is 0. The van der Waals surface area contributed by atoms with Crippen molar-refractivity contribution in [3.63, 3.8) is 0 Å². The Hall–Kier alpha value is 0.1000. The van der Waals surface area contributed by atoms with E-state index in [-0.39, 0.29) is 36.0 Å². The molecule has 0 saturated carbocycles.